The van der Waals surface area contributed by atoms with Gasteiger partial charge in [0.05, 0.1) is 39.1 Å². The van der Waals surface area contributed by atoms with E-state index in [-0.39, 0.29) is 0 Å². The van der Waals surface area contributed by atoms with Crippen LogP contribution in [0.2, 0.25) is 0 Å². The Bertz CT molecular complexity index is 791. The highest BCUT2D eigenvalue weighted by molar-refractivity contribution is 5.54. The van der Waals surface area contributed by atoms with E-state index in [1.807, 2.05) is 12.1 Å². The number of benzene rings is 1. The van der Waals surface area contributed by atoms with Crippen LogP contribution in [-0.2, 0) is 0 Å². The van der Waals surface area contributed by atoms with E-state index in [1.54, 1.807) is 0 Å². The predicted octanol–water partition coefficient (Wildman–Crippen LogP) is 3.28. The molecule has 2 N–H and O–H groups in total. The van der Waals surface area contributed by atoms with Gasteiger partial charge in [-0.05, 0) is 48.6 Å². The molecule has 4 rings (SSSR count). The van der Waals surface area contributed by atoms with Crippen molar-refractivity contribution >= 4 is 11.4 Å². The van der Waals surface area contributed by atoms with Crippen molar-refractivity contribution < 1.29 is 8.97 Å². The van der Waals surface area contributed by atoms with Gasteiger partial charge in [-0.3, -0.25) is 8.97 Å². The number of nitrogens with two attached hydrogens (primary N) is 1. The fourth-order valence-electron chi connectivity index (χ4n) is 4.73. The van der Waals surface area contributed by atoms with Gasteiger partial charge in [-0.25, -0.2) is 0 Å². The molecule has 4 heteroatoms. The topological polar surface area (TPSA) is 29.3 Å². The fraction of sp³-hybridized carbons (Fsp3) is 0.391. The molecule has 1 fully saturated rings. The van der Waals surface area contributed by atoms with Gasteiger partial charge in [0.25, 0.3) is 0 Å². The monoisotopic (exact) mass is 364 g/mol. The van der Waals surface area contributed by atoms with Gasteiger partial charge in [-0.2, -0.15) is 0 Å². The van der Waals surface area contributed by atoms with Crippen LogP contribution in [0.25, 0.3) is 0 Å². The summed E-state index contributed by atoms with van der Waals surface area (Å²) in [5.74, 6) is 0. The molecule has 3 heterocycles. The molecule has 0 radical (unpaired) electrons. The summed E-state index contributed by atoms with van der Waals surface area (Å²) in [6.45, 7) is 4.37. The van der Waals surface area contributed by atoms with Crippen molar-refractivity contribution in [3.63, 3.8) is 0 Å². The van der Waals surface area contributed by atoms with Gasteiger partial charge in [0.1, 0.15) is 25.7 Å². The zero-order chi connectivity index (χ0) is 18.9. The lowest BCUT2D eigenvalue weighted by atomic mass is 10.1. The molecule has 0 aliphatic carbocycles. The van der Waals surface area contributed by atoms with Gasteiger partial charge < -0.3 is 10.6 Å². The summed E-state index contributed by atoms with van der Waals surface area (Å²) in [6.07, 6.45) is 19.2. The fourth-order valence-corrected chi connectivity index (χ4v) is 4.73. The molecule has 1 saturated heterocycles. The smallest absolute Gasteiger partial charge is 0.113 e. The van der Waals surface area contributed by atoms with Crippen molar-refractivity contribution in [1.82, 2.24) is 0 Å². The number of allylic oxidation sites excluding steroid dienone is 4. The minimum Gasteiger partial charge on any atom is -0.399 e. The first kappa shape index (κ1) is 18.1. The number of nitrogen functional groups attached to an aromatic ring is 1. The number of hydrogen-bond acceptors (Lipinski definition) is 2. The van der Waals surface area contributed by atoms with Crippen LogP contribution < -0.4 is 10.6 Å². The number of hydrogen-bond donors (Lipinski definition) is 1. The second kappa shape index (κ2) is 7.02. The van der Waals surface area contributed by atoms with E-state index in [2.05, 4.69) is 80.0 Å². The zero-order valence-electron chi connectivity index (χ0n) is 16.5. The van der Waals surface area contributed by atoms with Crippen molar-refractivity contribution in [2.75, 3.05) is 50.9 Å². The van der Waals surface area contributed by atoms with Crippen LogP contribution in [-0.4, -0.2) is 61.3 Å². The van der Waals surface area contributed by atoms with Gasteiger partial charge in [-0.15, -0.1) is 0 Å². The SMILES string of the molecule is C[N+]1(CC2CC([N+]3(C)C=CC=CC3)CN2c2ccc(N)cc2)C=CC=CC1. The second-order valence-corrected chi connectivity index (χ2v) is 8.70. The van der Waals surface area contributed by atoms with E-state index in [9.17, 15) is 0 Å². The maximum absolute atomic E-state index is 5.94. The third-order valence-electron chi connectivity index (χ3n) is 6.47. The minimum atomic E-state index is 0.522. The van der Waals surface area contributed by atoms with Crippen LogP contribution >= 0.6 is 0 Å². The van der Waals surface area contributed by atoms with Crippen LogP contribution in [0.4, 0.5) is 11.4 Å². The van der Waals surface area contributed by atoms with E-state index >= 15 is 0 Å². The lowest BCUT2D eigenvalue weighted by Gasteiger charge is -2.36. The molecule has 4 nitrogen and oxygen atoms in total. The summed E-state index contributed by atoms with van der Waals surface area (Å²) in [6, 6.07) is 9.54. The summed E-state index contributed by atoms with van der Waals surface area (Å²) < 4.78 is 1.97. The quantitative estimate of drug-likeness (QED) is 0.656. The molecule has 4 atom stereocenters. The largest absolute Gasteiger partial charge is 0.399 e. The maximum atomic E-state index is 5.94. The highest BCUT2D eigenvalue weighted by Gasteiger charge is 2.44. The van der Waals surface area contributed by atoms with Crippen molar-refractivity contribution in [2.45, 2.75) is 18.5 Å². The molecule has 3 aliphatic rings. The maximum Gasteiger partial charge on any atom is 0.113 e. The van der Waals surface area contributed by atoms with Crippen LogP contribution in [0.5, 0.6) is 0 Å². The van der Waals surface area contributed by atoms with E-state index in [1.165, 1.54) is 12.1 Å². The Hall–Kier alpha value is -2.30. The Morgan fingerprint density at radius 2 is 1.67 bits per heavy atom. The molecule has 0 saturated carbocycles. The molecular formula is C23H32N4+2. The summed E-state index contributed by atoms with van der Waals surface area (Å²) in [4.78, 5) is 2.62. The van der Waals surface area contributed by atoms with Crippen molar-refractivity contribution in [1.29, 1.82) is 0 Å². The molecule has 142 valence electrons. The van der Waals surface area contributed by atoms with Crippen LogP contribution in [0.1, 0.15) is 6.42 Å². The van der Waals surface area contributed by atoms with Crippen molar-refractivity contribution in [2.24, 2.45) is 0 Å². The molecule has 1 aromatic carbocycles. The third kappa shape index (κ3) is 3.73. The molecule has 0 spiro atoms. The van der Waals surface area contributed by atoms with Crippen LogP contribution in [0.3, 0.4) is 0 Å². The normalized spacial score (nSPS) is 35.1. The lowest BCUT2D eigenvalue weighted by Crippen LogP contribution is -2.49. The van der Waals surface area contributed by atoms with Crippen molar-refractivity contribution in [3.05, 3.63) is 73.1 Å². The van der Waals surface area contributed by atoms with Crippen molar-refractivity contribution in [3.8, 4) is 0 Å². The van der Waals surface area contributed by atoms with Crippen LogP contribution in [0, 0.1) is 0 Å². The average molecular weight is 365 g/mol. The van der Waals surface area contributed by atoms with Gasteiger partial charge in [-0.1, -0.05) is 12.2 Å². The molecule has 3 aliphatic heterocycles. The summed E-state index contributed by atoms with van der Waals surface area (Å²) in [5.41, 5.74) is 8.06. The molecule has 0 bridgehead atoms. The van der Waals surface area contributed by atoms with Gasteiger partial charge >= 0.3 is 0 Å². The molecule has 0 amide bonds. The highest BCUT2D eigenvalue weighted by atomic mass is 15.4. The van der Waals surface area contributed by atoms with Gasteiger partial charge in [0.15, 0.2) is 0 Å². The zero-order valence-corrected chi connectivity index (χ0v) is 16.5. The van der Waals surface area contributed by atoms with Gasteiger partial charge in [0.2, 0.25) is 0 Å². The number of anilines is 2. The Morgan fingerprint density at radius 3 is 2.30 bits per heavy atom. The number of nitrogens with zero attached hydrogens (tertiary/aromatic N) is 3. The Kier molecular flexibility index (Phi) is 4.70. The second-order valence-electron chi connectivity index (χ2n) is 8.70. The van der Waals surface area contributed by atoms with Gasteiger partial charge in [0, 0.05) is 17.8 Å². The molecular weight excluding hydrogens is 332 g/mol. The van der Waals surface area contributed by atoms with Crippen LogP contribution in [0.15, 0.2) is 73.1 Å². The van der Waals surface area contributed by atoms with E-state index < -0.39 is 0 Å². The van der Waals surface area contributed by atoms with E-state index in [0.29, 0.717) is 12.1 Å². The minimum absolute atomic E-state index is 0.522. The summed E-state index contributed by atoms with van der Waals surface area (Å²) in [7, 11) is 4.71. The lowest BCUT2D eigenvalue weighted by molar-refractivity contribution is -0.878. The highest BCUT2D eigenvalue weighted by Crippen LogP contribution is 2.34. The standard InChI is InChI=1S/C23H32N4/c1-26(13-5-3-6-14-26)19-22-17-23(27(2)15-7-4-8-16-27)18-25(22)21-11-9-20(24)10-12-21/h3-13,15,22-23H,14,16-19,24H2,1-2H3/q+2. The number of rotatable bonds is 4. The third-order valence-corrected chi connectivity index (χ3v) is 6.47. The first-order chi connectivity index (χ1) is 13.0. The van der Waals surface area contributed by atoms with E-state index in [0.717, 1.165) is 40.8 Å². The average Bonchev–Trinajstić information content (AvgIpc) is 3.07. The first-order valence-corrected chi connectivity index (χ1v) is 9.98. The first-order valence-electron chi connectivity index (χ1n) is 9.98. The molecule has 27 heavy (non-hydrogen) atoms. The Balaban J connectivity index is 1.60. The van der Waals surface area contributed by atoms with E-state index in [4.69, 9.17) is 5.73 Å². The summed E-state index contributed by atoms with van der Waals surface area (Å²) in [5, 5.41) is 0. The molecule has 1 aromatic rings. The number of likely N-dealkylation sites (N-methyl/N-ethyl adjacent to an activating group) is 2. The predicted molar refractivity (Wildman–Crippen MR) is 114 cm³/mol. The summed E-state index contributed by atoms with van der Waals surface area (Å²) >= 11 is 0. The number of quaternary nitrogens is 2. The Morgan fingerprint density at radius 1 is 0.963 bits per heavy atom. The molecule has 4 unspecified atom stereocenters. The Labute approximate surface area is 163 Å². The molecule has 0 aromatic heterocycles.